The summed E-state index contributed by atoms with van der Waals surface area (Å²) >= 11 is 8.23. The molecule has 1 aromatic carbocycles. The molecule has 3 heterocycles. The Balaban J connectivity index is 2.00. The van der Waals surface area contributed by atoms with E-state index < -0.39 is 0 Å². The number of fused-ring (bicyclic) bond motifs is 1. The molecule has 0 bridgehead atoms. The van der Waals surface area contributed by atoms with Crippen molar-refractivity contribution < 1.29 is 4.74 Å². The van der Waals surface area contributed by atoms with Crippen LogP contribution < -0.4 is 10.5 Å². The van der Waals surface area contributed by atoms with Crippen LogP contribution >= 0.6 is 22.9 Å². The zero-order valence-electron chi connectivity index (χ0n) is 14.3. The van der Waals surface area contributed by atoms with Gasteiger partial charge in [-0.05, 0) is 31.5 Å². The number of H-pyrrole nitrogens is 1. The van der Waals surface area contributed by atoms with Crippen LogP contribution in [0.3, 0.4) is 0 Å². The van der Waals surface area contributed by atoms with Crippen LogP contribution in [0.15, 0.2) is 41.8 Å². The maximum absolute atomic E-state index is 6.49. The molecule has 0 radical (unpaired) electrons. The monoisotopic (exact) mass is 381 g/mol. The Morgan fingerprint density at radius 1 is 1.35 bits per heavy atom. The van der Waals surface area contributed by atoms with Gasteiger partial charge in [0.05, 0.1) is 22.7 Å². The normalized spacial score (nSPS) is 16.2. The number of aryl methyl sites for hydroxylation is 2. The van der Waals surface area contributed by atoms with Crippen LogP contribution in [0.2, 0.25) is 5.02 Å². The molecular weight excluding hydrogens is 366 g/mol. The van der Waals surface area contributed by atoms with Crippen molar-refractivity contribution >= 4 is 22.9 Å². The number of thiophene rings is 1. The first-order valence-corrected chi connectivity index (χ1v) is 9.25. The lowest BCUT2D eigenvalue weighted by Gasteiger charge is -2.25. The third-order valence-electron chi connectivity index (χ3n) is 4.50. The molecule has 3 aromatic rings. The van der Waals surface area contributed by atoms with Crippen molar-refractivity contribution in [1.82, 2.24) is 10.2 Å². The molecule has 3 N–H and O–H groups in total. The molecule has 4 nitrogen and oxygen atoms in total. The molecule has 130 valence electrons. The maximum Gasteiger partial charge on any atom is 0.244 e. The van der Waals surface area contributed by atoms with E-state index in [4.69, 9.17) is 28.5 Å². The summed E-state index contributed by atoms with van der Waals surface area (Å²) < 4.78 is 5.71. The van der Waals surface area contributed by atoms with Crippen LogP contribution in [0, 0.1) is 26.2 Å². The Morgan fingerprint density at radius 2 is 2.12 bits per heavy atom. The minimum Gasteiger partial charge on any atom is -0.420 e. The summed E-state index contributed by atoms with van der Waals surface area (Å²) in [6.07, 6.45) is 5.78. The summed E-state index contributed by atoms with van der Waals surface area (Å²) in [5.74, 6) is 2.99. The number of benzene rings is 1. The number of aromatic nitrogens is 2. The zero-order valence-corrected chi connectivity index (χ0v) is 15.8. The predicted octanol–water partition coefficient (Wildman–Crippen LogP) is 4.74. The van der Waals surface area contributed by atoms with E-state index in [0.29, 0.717) is 16.5 Å². The highest BCUT2D eigenvalue weighted by molar-refractivity contribution is 7.12. The van der Waals surface area contributed by atoms with E-state index >= 15 is 0 Å². The largest absolute Gasteiger partial charge is 0.420 e. The lowest BCUT2D eigenvalue weighted by molar-refractivity contribution is 0.379. The number of nitrogens with one attached hydrogen (secondary N) is 1. The second-order valence-corrected chi connectivity index (χ2v) is 7.99. The summed E-state index contributed by atoms with van der Waals surface area (Å²) in [5, 5.41) is 8.07. The zero-order chi connectivity index (χ0) is 18.4. The summed E-state index contributed by atoms with van der Waals surface area (Å²) in [6, 6.07) is 9.75. The lowest BCUT2D eigenvalue weighted by Crippen LogP contribution is -2.21. The fraction of sp³-hybridized carbons (Fsp3) is 0.150. The van der Waals surface area contributed by atoms with Gasteiger partial charge < -0.3 is 10.5 Å². The minimum absolute atomic E-state index is 0.182. The molecule has 4 rings (SSSR count). The summed E-state index contributed by atoms with van der Waals surface area (Å²) in [4.78, 5) is 2.41. The highest BCUT2D eigenvalue weighted by Gasteiger charge is 2.36. The fourth-order valence-corrected chi connectivity index (χ4v) is 4.56. The molecule has 6 heteroatoms. The Labute approximate surface area is 160 Å². The number of ether oxygens (including phenoxy) is 1. The lowest BCUT2D eigenvalue weighted by atomic mass is 9.83. The number of hydrogen-bond donors (Lipinski definition) is 2. The molecule has 0 saturated heterocycles. The maximum atomic E-state index is 6.49. The van der Waals surface area contributed by atoms with Crippen molar-refractivity contribution in [3.05, 3.63) is 67.7 Å². The molecule has 1 atom stereocenters. The number of nitrogens with zero attached hydrogens (tertiary/aromatic N) is 1. The van der Waals surface area contributed by atoms with Gasteiger partial charge in [-0.25, -0.2) is 0 Å². The van der Waals surface area contributed by atoms with Gasteiger partial charge in [0.2, 0.25) is 11.8 Å². The van der Waals surface area contributed by atoms with Gasteiger partial charge in [-0.15, -0.1) is 22.9 Å². The van der Waals surface area contributed by atoms with Crippen LogP contribution in [0.25, 0.3) is 11.3 Å². The summed E-state index contributed by atoms with van der Waals surface area (Å²) in [5.41, 5.74) is 10.3. The van der Waals surface area contributed by atoms with Gasteiger partial charge in [0.1, 0.15) is 0 Å². The highest BCUT2D eigenvalue weighted by Crippen LogP contribution is 2.48. The molecular formula is C20H16ClN3OS. The van der Waals surface area contributed by atoms with Crippen molar-refractivity contribution in [2.24, 2.45) is 5.73 Å². The molecule has 0 amide bonds. The highest BCUT2D eigenvalue weighted by atomic mass is 35.5. The molecule has 0 spiro atoms. The number of allylic oxidation sites excluding steroid dienone is 1. The molecule has 1 aliphatic heterocycles. The molecule has 0 saturated carbocycles. The summed E-state index contributed by atoms with van der Waals surface area (Å²) in [6.45, 7) is 4.16. The van der Waals surface area contributed by atoms with E-state index in [1.807, 2.05) is 24.3 Å². The Morgan fingerprint density at radius 3 is 2.77 bits per heavy atom. The first kappa shape index (κ1) is 16.8. The van der Waals surface area contributed by atoms with Gasteiger partial charge in [-0.2, -0.15) is 0 Å². The van der Waals surface area contributed by atoms with Gasteiger partial charge in [-0.1, -0.05) is 35.7 Å². The van der Waals surface area contributed by atoms with E-state index in [1.165, 1.54) is 9.75 Å². The van der Waals surface area contributed by atoms with Crippen molar-refractivity contribution in [3.8, 4) is 29.5 Å². The Kier molecular flexibility index (Phi) is 4.03. The van der Waals surface area contributed by atoms with E-state index in [2.05, 4.69) is 36.0 Å². The number of aromatic amines is 1. The smallest absolute Gasteiger partial charge is 0.244 e. The number of halogens is 1. The average molecular weight is 382 g/mol. The van der Waals surface area contributed by atoms with E-state index in [9.17, 15) is 0 Å². The van der Waals surface area contributed by atoms with Crippen molar-refractivity contribution in [1.29, 1.82) is 0 Å². The van der Waals surface area contributed by atoms with Gasteiger partial charge in [0.15, 0.2) is 0 Å². The topological polar surface area (TPSA) is 63.9 Å². The fourth-order valence-electron chi connectivity index (χ4n) is 3.38. The van der Waals surface area contributed by atoms with Crippen LogP contribution in [-0.2, 0) is 0 Å². The minimum atomic E-state index is -0.314. The second kappa shape index (κ2) is 6.24. The molecule has 1 aliphatic rings. The van der Waals surface area contributed by atoms with E-state index in [-0.39, 0.29) is 11.8 Å². The van der Waals surface area contributed by atoms with Gasteiger partial charge in [0.25, 0.3) is 0 Å². The average Bonchev–Trinajstić information content (AvgIpc) is 3.16. The van der Waals surface area contributed by atoms with E-state index in [0.717, 1.165) is 22.4 Å². The third kappa shape index (κ3) is 2.50. The van der Waals surface area contributed by atoms with Gasteiger partial charge in [0, 0.05) is 20.3 Å². The number of terminal acetylenes is 1. The number of rotatable bonds is 2. The first-order chi connectivity index (χ1) is 12.5. The van der Waals surface area contributed by atoms with Crippen molar-refractivity contribution in [3.63, 3.8) is 0 Å². The van der Waals surface area contributed by atoms with Crippen LogP contribution in [0.1, 0.15) is 26.8 Å². The number of hydrogen-bond acceptors (Lipinski definition) is 4. The summed E-state index contributed by atoms with van der Waals surface area (Å²) in [7, 11) is 0. The SMILES string of the molecule is C#CC1=C(N)Oc2n[nH]c(-c3cc(C)sc3C)c2C1c1ccccc1Cl. The van der Waals surface area contributed by atoms with Gasteiger partial charge in [-0.3, -0.25) is 5.10 Å². The molecule has 2 aromatic heterocycles. The molecule has 1 unspecified atom stereocenters. The first-order valence-electron chi connectivity index (χ1n) is 8.05. The van der Waals surface area contributed by atoms with Crippen molar-refractivity contribution in [2.45, 2.75) is 19.8 Å². The molecule has 0 fully saturated rings. The second-order valence-electron chi connectivity index (χ2n) is 6.12. The van der Waals surface area contributed by atoms with Crippen LogP contribution in [0.4, 0.5) is 0 Å². The number of nitrogens with two attached hydrogens (primary N) is 1. The van der Waals surface area contributed by atoms with Crippen molar-refractivity contribution in [2.75, 3.05) is 0 Å². The quantitative estimate of drug-likeness (QED) is 0.630. The third-order valence-corrected chi connectivity index (χ3v) is 5.81. The Hall–Kier alpha value is -2.68. The Bertz CT molecular complexity index is 1090. The van der Waals surface area contributed by atoms with Crippen LogP contribution in [0.5, 0.6) is 5.88 Å². The predicted molar refractivity (Wildman–Crippen MR) is 105 cm³/mol. The molecule has 0 aliphatic carbocycles. The van der Waals surface area contributed by atoms with Crippen LogP contribution in [-0.4, -0.2) is 10.2 Å². The van der Waals surface area contributed by atoms with Gasteiger partial charge >= 0.3 is 0 Å². The standard InChI is InChI=1S/C20H16ClN3OS/c1-4-12-16(13-7-5-6-8-15(13)21)17-18(14-9-10(2)26-11(14)3)23-24-20(17)25-19(12)22/h1,5-9,16H,22H2,2-3H3,(H,23,24). The van der Waals surface area contributed by atoms with E-state index in [1.54, 1.807) is 11.3 Å². The molecule has 26 heavy (non-hydrogen) atoms.